The van der Waals surface area contributed by atoms with Gasteiger partial charge in [0.05, 0.1) is 12.4 Å². The number of nitrogens with one attached hydrogen (secondary N) is 1. The van der Waals surface area contributed by atoms with Gasteiger partial charge in [0.15, 0.2) is 0 Å². The van der Waals surface area contributed by atoms with E-state index in [-0.39, 0.29) is 30.7 Å². The van der Waals surface area contributed by atoms with Crippen molar-refractivity contribution in [3.8, 4) is 0 Å². The van der Waals surface area contributed by atoms with Crippen molar-refractivity contribution in [3.63, 3.8) is 0 Å². The monoisotopic (exact) mass is 236 g/mol. The zero-order chi connectivity index (χ0) is 11.5. The number of carbonyl (C=O) groups excluding carboxylic acids is 1. The lowest BCUT2D eigenvalue weighted by atomic mass is 10.3. The Labute approximate surface area is 89.6 Å². The van der Waals surface area contributed by atoms with Gasteiger partial charge in [0, 0.05) is 33.2 Å². The van der Waals surface area contributed by atoms with Crippen molar-refractivity contribution < 1.29 is 17.9 Å². The predicted molar refractivity (Wildman–Crippen MR) is 54.8 cm³/mol. The number of ether oxygens (including phenoxy) is 1. The third-order valence-corrected chi connectivity index (χ3v) is 3.64. The molecule has 0 spiro atoms. The molecule has 1 aliphatic heterocycles. The van der Waals surface area contributed by atoms with E-state index in [9.17, 15) is 13.2 Å². The van der Waals surface area contributed by atoms with E-state index in [1.54, 1.807) is 7.05 Å². The van der Waals surface area contributed by atoms with Crippen LogP contribution in [0.25, 0.3) is 0 Å². The van der Waals surface area contributed by atoms with Gasteiger partial charge in [-0.15, -0.1) is 0 Å². The molecule has 0 saturated carbocycles. The second kappa shape index (κ2) is 4.91. The van der Waals surface area contributed by atoms with E-state index >= 15 is 0 Å². The molecule has 1 fully saturated rings. The van der Waals surface area contributed by atoms with Gasteiger partial charge in [0.2, 0.25) is 15.9 Å². The summed E-state index contributed by atoms with van der Waals surface area (Å²) in [6.45, 7) is 0.594. The molecule has 0 bridgehead atoms. The number of sulfonamides is 1. The number of hydrogen-bond donors (Lipinski definition) is 1. The van der Waals surface area contributed by atoms with Crippen LogP contribution in [0.3, 0.4) is 0 Å². The van der Waals surface area contributed by atoms with Gasteiger partial charge in [-0.25, -0.2) is 13.1 Å². The number of nitrogens with zero attached hydrogens (tertiary/aromatic N) is 1. The third-order valence-electron chi connectivity index (χ3n) is 2.24. The van der Waals surface area contributed by atoms with Crippen molar-refractivity contribution in [1.29, 1.82) is 0 Å². The minimum atomic E-state index is -3.33. The summed E-state index contributed by atoms with van der Waals surface area (Å²) in [5, 5.41) is 0. The highest BCUT2D eigenvalue weighted by Gasteiger charge is 2.29. The van der Waals surface area contributed by atoms with Crippen LogP contribution >= 0.6 is 0 Å². The summed E-state index contributed by atoms with van der Waals surface area (Å²) in [5.74, 6) is -0.104. The third kappa shape index (κ3) is 3.77. The van der Waals surface area contributed by atoms with E-state index < -0.39 is 10.0 Å². The fourth-order valence-electron chi connectivity index (χ4n) is 1.45. The summed E-state index contributed by atoms with van der Waals surface area (Å²) < 4.78 is 30.0. The zero-order valence-electron chi connectivity index (χ0n) is 8.89. The fraction of sp³-hybridized carbons (Fsp3) is 0.875. The molecule has 1 aliphatic rings. The summed E-state index contributed by atoms with van der Waals surface area (Å²) in [7, 11) is -0.223. The molecular weight excluding hydrogens is 220 g/mol. The maximum Gasteiger partial charge on any atom is 0.224 e. The van der Waals surface area contributed by atoms with Gasteiger partial charge in [-0.1, -0.05) is 0 Å². The van der Waals surface area contributed by atoms with E-state index in [4.69, 9.17) is 0 Å². The predicted octanol–water partition coefficient (Wildman–Crippen LogP) is -1.22. The molecule has 0 aromatic heterocycles. The van der Waals surface area contributed by atoms with Crippen LogP contribution in [0.1, 0.15) is 6.42 Å². The SMILES string of the molecule is COCCS(=O)(=O)NC1CC(=O)N(C)C1. The molecule has 88 valence electrons. The Hall–Kier alpha value is -0.660. The normalized spacial score (nSPS) is 22.4. The Morgan fingerprint density at radius 3 is 2.73 bits per heavy atom. The lowest BCUT2D eigenvalue weighted by Crippen LogP contribution is -2.38. The first-order valence-corrected chi connectivity index (χ1v) is 6.33. The number of likely N-dealkylation sites (tertiary alicyclic amines) is 1. The molecule has 0 aliphatic carbocycles. The number of likely N-dealkylation sites (N-methyl/N-ethyl adjacent to an activating group) is 1. The number of rotatable bonds is 5. The Bertz CT molecular complexity index is 328. The topological polar surface area (TPSA) is 75.7 Å². The van der Waals surface area contributed by atoms with Crippen LogP contribution in [0.4, 0.5) is 0 Å². The maximum absolute atomic E-state index is 11.4. The first-order valence-electron chi connectivity index (χ1n) is 4.67. The summed E-state index contributed by atoms with van der Waals surface area (Å²) >= 11 is 0. The molecule has 1 atom stereocenters. The highest BCUT2D eigenvalue weighted by Crippen LogP contribution is 2.09. The Morgan fingerprint density at radius 2 is 2.27 bits per heavy atom. The second-order valence-electron chi connectivity index (χ2n) is 3.60. The first-order chi connectivity index (χ1) is 6.94. The summed E-state index contributed by atoms with van der Waals surface area (Å²) in [6, 6.07) is -0.302. The fourth-order valence-corrected chi connectivity index (χ4v) is 2.62. The standard InChI is InChI=1S/C8H16N2O4S/c1-10-6-7(5-8(10)11)9-15(12,13)4-3-14-2/h7,9H,3-6H2,1-2H3. The summed E-state index contributed by atoms with van der Waals surface area (Å²) in [6.07, 6.45) is 0.239. The molecule has 1 amide bonds. The van der Waals surface area contributed by atoms with Crippen molar-refractivity contribution >= 4 is 15.9 Å². The first kappa shape index (κ1) is 12.4. The highest BCUT2D eigenvalue weighted by molar-refractivity contribution is 7.89. The zero-order valence-corrected chi connectivity index (χ0v) is 9.71. The molecular formula is C8H16N2O4S. The van der Waals surface area contributed by atoms with E-state index in [1.165, 1.54) is 12.0 Å². The van der Waals surface area contributed by atoms with Gasteiger partial charge in [0.25, 0.3) is 0 Å². The molecule has 15 heavy (non-hydrogen) atoms. The van der Waals surface area contributed by atoms with Gasteiger partial charge in [-0.3, -0.25) is 4.79 Å². The Morgan fingerprint density at radius 1 is 1.60 bits per heavy atom. The smallest absolute Gasteiger partial charge is 0.224 e. The molecule has 0 aromatic rings. The van der Waals surface area contributed by atoms with Crippen LogP contribution in [0, 0.1) is 0 Å². The number of carbonyl (C=O) groups is 1. The maximum atomic E-state index is 11.4. The second-order valence-corrected chi connectivity index (χ2v) is 5.48. The van der Waals surface area contributed by atoms with Crippen molar-refractivity contribution in [1.82, 2.24) is 9.62 Å². The highest BCUT2D eigenvalue weighted by atomic mass is 32.2. The van der Waals surface area contributed by atoms with Crippen LogP contribution in [0.15, 0.2) is 0 Å². The van der Waals surface area contributed by atoms with Gasteiger partial charge >= 0.3 is 0 Å². The van der Waals surface area contributed by atoms with Crippen molar-refractivity contribution in [2.75, 3.05) is 33.1 Å². The Kier molecular flexibility index (Phi) is 4.06. The molecule has 1 saturated heterocycles. The minimum Gasteiger partial charge on any atom is -0.384 e. The number of amides is 1. The lowest BCUT2D eigenvalue weighted by molar-refractivity contribution is -0.126. The largest absolute Gasteiger partial charge is 0.384 e. The van der Waals surface area contributed by atoms with Gasteiger partial charge in [0.1, 0.15) is 0 Å². The van der Waals surface area contributed by atoms with Crippen LogP contribution in [0.2, 0.25) is 0 Å². The van der Waals surface area contributed by atoms with Crippen LogP contribution in [0.5, 0.6) is 0 Å². The van der Waals surface area contributed by atoms with Gasteiger partial charge < -0.3 is 9.64 Å². The molecule has 1 rings (SSSR count). The van der Waals surface area contributed by atoms with Crippen LogP contribution in [-0.4, -0.2) is 58.3 Å². The van der Waals surface area contributed by atoms with E-state index in [0.717, 1.165) is 0 Å². The molecule has 0 aromatic carbocycles. The minimum absolute atomic E-state index is 0.0329. The number of methoxy groups -OCH3 is 1. The van der Waals surface area contributed by atoms with Gasteiger partial charge in [-0.05, 0) is 0 Å². The van der Waals surface area contributed by atoms with Crippen molar-refractivity contribution in [2.24, 2.45) is 0 Å². The quantitative estimate of drug-likeness (QED) is 0.649. The molecule has 1 N–H and O–H groups in total. The molecule has 0 radical (unpaired) electrons. The summed E-state index contributed by atoms with van der Waals surface area (Å²) in [4.78, 5) is 12.7. The Balaban J connectivity index is 2.45. The lowest BCUT2D eigenvalue weighted by Gasteiger charge is -2.12. The number of hydrogen-bond acceptors (Lipinski definition) is 4. The van der Waals surface area contributed by atoms with Crippen molar-refractivity contribution in [3.05, 3.63) is 0 Å². The van der Waals surface area contributed by atoms with Crippen molar-refractivity contribution in [2.45, 2.75) is 12.5 Å². The molecule has 6 nitrogen and oxygen atoms in total. The van der Waals surface area contributed by atoms with Gasteiger partial charge in [-0.2, -0.15) is 0 Å². The summed E-state index contributed by atoms with van der Waals surface area (Å²) in [5.41, 5.74) is 0. The van der Waals surface area contributed by atoms with E-state index in [2.05, 4.69) is 9.46 Å². The molecule has 7 heteroatoms. The van der Waals surface area contributed by atoms with E-state index in [0.29, 0.717) is 6.54 Å². The average Bonchev–Trinajstić information content (AvgIpc) is 2.41. The van der Waals surface area contributed by atoms with E-state index in [1.807, 2.05) is 0 Å². The molecule has 1 heterocycles. The van der Waals surface area contributed by atoms with Crippen LogP contribution in [-0.2, 0) is 19.6 Å². The van der Waals surface area contributed by atoms with Crippen LogP contribution < -0.4 is 4.72 Å². The molecule has 1 unspecified atom stereocenters. The average molecular weight is 236 g/mol.